The molecule has 2 heterocycles. The van der Waals surface area contributed by atoms with E-state index in [9.17, 15) is 0 Å². The number of rotatable bonds is 1. The van der Waals surface area contributed by atoms with E-state index in [0.29, 0.717) is 0 Å². The maximum Gasteiger partial charge on any atom is 0.0475 e. The standard InChI is InChI=1S/C9H14N2S/c1-3-10-4-6-11(5-1)9-2-7-12-8-9/h2,7-8,10H,1,3-6H2. The summed E-state index contributed by atoms with van der Waals surface area (Å²) < 4.78 is 0. The third kappa shape index (κ3) is 1.79. The molecule has 0 aliphatic carbocycles. The highest BCUT2D eigenvalue weighted by atomic mass is 32.1. The molecular weight excluding hydrogens is 168 g/mol. The van der Waals surface area contributed by atoms with Gasteiger partial charge in [-0.2, -0.15) is 11.3 Å². The van der Waals surface area contributed by atoms with Crippen molar-refractivity contribution in [3.8, 4) is 0 Å². The van der Waals surface area contributed by atoms with Crippen molar-refractivity contribution >= 4 is 17.0 Å². The highest BCUT2D eigenvalue weighted by Gasteiger charge is 2.08. The molecule has 1 saturated heterocycles. The van der Waals surface area contributed by atoms with Crippen molar-refractivity contribution in [3.63, 3.8) is 0 Å². The van der Waals surface area contributed by atoms with Crippen LogP contribution in [0.2, 0.25) is 0 Å². The third-order valence-corrected chi connectivity index (χ3v) is 2.88. The normalized spacial score (nSPS) is 19.2. The minimum absolute atomic E-state index is 1.12. The number of thiophene rings is 1. The van der Waals surface area contributed by atoms with Crippen LogP contribution in [0.4, 0.5) is 5.69 Å². The lowest BCUT2D eigenvalue weighted by Gasteiger charge is -2.20. The summed E-state index contributed by atoms with van der Waals surface area (Å²) in [5.41, 5.74) is 1.39. The molecule has 2 nitrogen and oxygen atoms in total. The zero-order valence-electron chi connectivity index (χ0n) is 7.12. The van der Waals surface area contributed by atoms with Gasteiger partial charge < -0.3 is 10.2 Å². The first kappa shape index (κ1) is 8.08. The van der Waals surface area contributed by atoms with Gasteiger partial charge in [-0.1, -0.05) is 0 Å². The Labute approximate surface area is 77.2 Å². The van der Waals surface area contributed by atoms with Gasteiger partial charge in [0, 0.05) is 30.7 Å². The van der Waals surface area contributed by atoms with Crippen LogP contribution in [0, 0.1) is 0 Å². The second-order valence-electron chi connectivity index (χ2n) is 3.07. The van der Waals surface area contributed by atoms with Crippen LogP contribution in [0.3, 0.4) is 0 Å². The summed E-state index contributed by atoms with van der Waals surface area (Å²) in [6, 6.07) is 2.20. The summed E-state index contributed by atoms with van der Waals surface area (Å²) in [6.45, 7) is 4.64. The summed E-state index contributed by atoms with van der Waals surface area (Å²) >= 11 is 1.78. The van der Waals surface area contributed by atoms with Gasteiger partial charge in [0.1, 0.15) is 0 Å². The molecule has 1 aliphatic rings. The number of nitrogens with one attached hydrogen (secondary N) is 1. The summed E-state index contributed by atoms with van der Waals surface area (Å²) in [5.74, 6) is 0. The Morgan fingerprint density at radius 2 is 2.33 bits per heavy atom. The lowest BCUT2D eigenvalue weighted by Crippen LogP contribution is -2.27. The predicted octanol–water partition coefficient (Wildman–Crippen LogP) is 1.55. The second kappa shape index (κ2) is 3.92. The maximum atomic E-state index is 3.40. The number of hydrogen-bond donors (Lipinski definition) is 1. The molecule has 2 rings (SSSR count). The van der Waals surface area contributed by atoms with E-state index in [0.717, 1.165) is 13.1 Å². The summed E-state index contributed by atoms with van der Waals surface area (Å²) in [7, 11) is 0. The Balaban J connectivity index is 2.02. The van der Waals surface area contributed by atoms with Gasteiger partial charge in [0.15, 0.2) is 0 Å². The molecule has 1 aromatic heterocycles. The van der Waals surface area contributed by atoms with Gasteiger partial charge in [0.05, 0.1) is 0 Å². The molecule has 1 aliphatic heterocycles. The molecule has 1 N–H and O–H groups in total. The van der Waals surface area contributed by atoms with Gasteiger partial charge in [-0.05, 0) is 24.4 Å². The van der Waals surface area contributed by atoms with E-state index in [1.807, 2.05) is 0 Å². The second-order valence-corrected chi connectivity index (χ2v) is 3.85. The third-order valence-electron chi connectivity index (χ3n) is 2.21. The quantitative estimate of drug-likeness (QED) is 0.709. The van der Waals surface area contributed by atoms with E-state index in [-0.39, 0.29) is 0 Å². The van der Waals surface area contributed by atoms with Crippen molar-refractivity contribution in [1.29, 1.82) is 0 Å². The van der Waals surface area contributed by atoms with Crippen molar-refractivity contribution in [3.05, 3.63) is 16.8 Å². The van der Waals surface area contributed by atoms with Gasteiger partial charge in [-0.3, -0.25) is 0 Å². The first-order valence-corrected chi connectivity index (χ1v) is 5.39. The Kier molecular flexibility index (Phi) is 2.64. The lowest BCUT2D eigenvalue weighted by atomic mass is 10.3. The molecule has 12 heavy (non-hydrogen) atoms. The minimum Gasteiger partial charge on any atom is -0.370 e. The fourth-order valence-electron chi connectivity index (χ4n) is 1.54. The highest BCUT2D eigenvalue weighted by molar-refractivity contribution is 7.08. The van der Waals surface area contributed by atoms with E-state index in [1.165, 1.54) is 25.2 Å². The molecule has 0 unspecified atom stereocenters. The first-order valence-electron chi connectivity index (χ1n) is 4.45. The van der Waals surface area contributed by atoms with E-state index >= 15 is 0 Å². The monoisotopic (exact) mass is 182 g/mol. The van der Waals surface area contributed by atoms with Gasteiger partial charge >= 0.3 is 0 Å². The fourth-order valence-corrected chi connectivity index (χ4v) is 2.20. The fraction of sp³-hybridized carbons (Fsp3) is 0.556. The van der Waals surface area contributed by atoms with Crippen LogP contribution in [-0.4, -0.2) is 26.2 Å². The van der Waals surface area contributed by atoms with E-state index in [1.54, 1.807) is 11.3 Å². The highest BCUT2D eigenvalue weighted by Crippen LogP contribution is 2.18. The zero-order valence-corrected chi connectivity index (χ0v) is 7.94. The maximum absolute atomic E-state index is 3.40. The number of anilines is 1. The van der Waals surface area contributed by atoms with Crippen LogP contribution in [0.5, 0.6) is 0 Å². The van der Waals surface area contributed by atoms with Crippen LogP contribution in [0.25, 0.3) is 0 Å². The van der Waals surface area contributed by atoms with Crippen molar-refractivity contribution in [2.45, 2.75) is 6.42 Å². The summed E-state index contributed by atoms with van der Waals surface area (Å²) in [4.78, 5) is 2.45. The Bertz CT molecular complexity index is 212. The molecule has 0 aromatic carbocycles. The van der Waals surface area contributed by atoms with Crippen LogP contribution in [-0.2, 0) is 0 Å². The molecule has 0 atom stereocenters. The van der Waals surface area contributed by atoms with Crippen LogP contribution in [0.15, 0.2) is 16.8 Å². The van der Waals surface area contributed by atoms with E-state index in [2.05, 4.69) is 27.0 Å². The van der Waals surface area contributed by atoms with Crippen molar-refractivity contribution in [1.82, 2.24) is 5.32 Å². The Morgan fingerprint density at radius 1 is 1.33 bits per heavy atom. The van der Waals surface area contributed by atoms with Gasteiger partial charge in [0.25, 0.3) is 0 Å². The first-order chi connectivity index (χ1) is 5.97. The van der Waals surface area contributed by atoms with Crippen molar-refractivity contribution in [2.24, 2.45) is 0 Å². The number of nitrogens with zero attached hydrogens (tertiary/aromatic N) is 1. The van der Waals surface area contributed by atoms with Crippen LogP contribution in [0.1, 0.15) is 6.42 Å². The zero-order chi connectivity index (χ0) is 8.23. The predicted molar refractivity (Wildman–Crippen MR) is 54.0 cm³/mol. The SMILES string of the molecule is c1cc(N2CCCNCC2)cs1. The average molecular weight is 182 g/mol. The summed E-state index contributed by atoms with van der Waals surface area (Å²) in [6.07, 6.45) is 1.26. The molecule has 0 amide bonds. The van der Waals surface area contributed by atoms with E-state index < -0.39 is 0 Å². The smallest absolute Gasteiger partial charge is 0.0475 e. The Hall–Kier alpha value is -0.540. The van der Waals surface area contributed by atoms with Gasteiger partial charge in [-0.25, -0.2) is 0 Å². The van der Waals surface area contributed by atoms with Gasteiger partial charge in [0.2, 0.25) is 0 Å². The molecule has 1 aromatic rings. The van der Waals surface area contributed by atoms with Gasteiger partial charge in [-0.15, -0.1) is 0 Å². The van der Waals surface area contributed by atoms with Crippen LogP contribution >= 0.6 is 11.3 Å². The lowest BCUT2D eigenvalue weighted by molar-refractivity contribution is 0.724. The van der Waals surface area contributed by atoms with Crippen molar-refractivity contribution in [2.75, 3.05) is 31.1 Å². The van der Waals surface area contributed by atoms with E-state index in [4.69, 9.17) is 0 Å². The largest absolute Gasteiger partial charge is 0.370 e. The molecule has 1 fully saturated rings. The van der Waals surface area contributed by atoms with Crippen LogP contribution < -0.4 is 10.2 Å². The number of hydrogen-bond acceptors (Lipinski definition) is 3. The molecule has 0 saturated carbocycles. The average Bonchev–Trinajstić information content (AvgIpc) is 2.48. The molecule has 66 valence electrons. The minimum atomic E-state index is 1.12. The Morgan fingerprint density at radius 3 is 3.17 bits per heavy atom. The molecule has 3 heteroatoms. The molecule has 0 spiro atoms. The van der Waals surface area contributed by atoms with Crippen molar-refractivity contribution < 1.29 is 0 Å². The summed E-state index contributed by atoms with van der Waals surface area (Å²) in [5, 5.41) is 7.77. The topological polar surface area (TPSA) is 15.3 Å². The molecular formula is C9H14N2S. The molecule has 0 bridgehead atoms. The molecule has 0 radical (unpaired) electrons.